The average molecular weight is 244 g/mol. The molecule has 0 aliphatic carbocycles. The van der Waals surface area contributed by atoms with Crippen LogP contribution in [0.2, 0.25) is 0 Å². The van der Waals surface area contributed by atoms with E-state index in [9.17, 15) is 10.2 Å². The van der Waals surface area contributed by atoms with Gasteiger partial charge >= 0.3 is 0 Å². The van der Waals surface area contributed by atoms with Crippen molar-refractivity contribution in [1.82, 2.24) is 0 Å². The molecule has 1 unspecified atom stereocenters. The SMILES string of the molecule is C=CC(CCCCCCCC)C(O)(O)OCC. The number of hydrogen-bond donors (Lipinski definition) is 2. The monoisotopic (exact) mass is 244 g/mol. The maximum atomic E-state index is 9.68. The molecule has 0 aromatic rings. The van der Waals surface area contributed by atoms with E-state index in [0.29, 0.717) is 6.42 Å². The van der Waals surface area contributed by atoms with Crippen LogP contribution < -0.4 is 0 Å². The zero-order valence-electron chi connectivity index (χ0n) is 11.3. The third kappa shape index (κ3) is 7.53. The van der Waals surface area contributed by atoms with Gasteiger partial charge in [0.05, 0.1) is 5.92 Å². The normalized spacial score (nSPS) is 13.6. The molecular weight excluding hydrogens is 216 g/mol. The molecule has 0 spiro atoms. The Hall–Kier alpha value is -0.380. The van der Waals surface area contributed by atoms with Crippen LogP contribution in [0.3, 0.4) is 0 Å². The third-order valence-electron chi connectivity index (χ3n) is 2.99. The van der Waals surface area contributed by atoms with E-state index in [1.807, 2.05) is 0 Å². The van der Waals surface area contributed by atoms with Crippen LogP contribution in [0.5, 0.6) is 0 Å². The highest BCUT2D eigenvalue weighted by molar-refractivity contribution is 4.84. The van der Waals surface area contributed by atoms with Gasteiger partial charge in [0, 0.05) is 6.61 Å². The van der Waals surface area contributed by atoms with Crippen LogP contribution in [0.4, 0.5) is 0 Å². The van der Waals surface area contributed by atoms with E-state index in [2.05, 4.69) is 13.5 Å². The fraction of sp³-hybridized carbons (Fsp3) is 0.857. The van der Waals surface area contributed by atoms with Crippen LogP contribution in [-0.2, 0) is 4.74 Å². The number of aliphatic hydroxyl groups is 2. The molecule has 0 rings (SSSR count). The topological polar surface area (TPSA) is 49.7 Å². The second-order valence-electron chi connectivity index (χ2n) is 4.49. The summed E-state index contributed by atoms with van der Waals surface area (Å²) in [7, 11) is 0. The first kappa shape index (κ1) is 16.6. The fourth-order valence-corrected chi connectivity index (χ4v) is 1.92. The molecule has 0 aromatic heterocycles. The third-order valence-corrected chi connectivity index (χ3v) is 2.99. The number of ether oxygens (including phenoxy) is 1. The summed E-state index contributed by atoms with van der Waals surface area (Å²) in [6.07, 6.45) is 9.41. The van der Waals surface area contributed by atoms with Crippen LogP contribution >= 0.6 is 0 Å². The largest absolute Gasteiger partial charge is 0.343 e. The zero-order valence-corrected chi connectivity index (χ0v) is 11.3. The molecule has 2 N–H and O–H groups in total. The highest BCUT2D eigenvalue weighted by atomic mass is 16.8. The highest BCUT2D eigenvalue weighted by Crippen LogP contribution is 2.23. The summed E-state index contributed by atoms with van der Waals surface area (Å²) in [5, 5.41) is 19.4. The van der Waals surface area contributed by atoms with Gasteiger partial charge in [-0.3, -0.25) is 0 Å². The van der Waals surface area contributed by atoms with Gasteiger partial charge < -0.3 is 14.9 Å². The smallest absolute Gasteiger partial charge is 0.284 e. The Morgan fingerprint density at radius 3 is 2.24 bits per heavy atom. The molecule has 3 heteroatoms. The standard InChI is InChI=1S/C14H28O3/c1-4-7-8-9-10-11-12-13(5-2)14(15,16)17-6-3/h5,13,15-16H,2,4,6-12H2,1,3H3. The Balaban J connectivity index is 3.78. The van der Waals surface area contributed by atoms with Gasteiger partial charge in [-0.05, 0) is 13.3 Å². The molecule has 0 saturated heterocycles. The van der Waals surface area contributed by atoms with Crippen LogP contribution in [0.15, 0.2) is 12.7 Å². The molecule has 102 valence electrons. The second kappa shape index (κ2) is 9.63. The molecule has 1 atom stereocenters. The molecule has 3 nitrogen and oxygen atoms in total. The van der Waals surface area contributed by atoms with Gasteiger partial charge in [-0.1, -0.05) is 51.5 Å². The lowest BCUT2D eigenvalue weighted by atomic mass is 9.98. The van der Waals surface area contributed by atoms with E-state index in [0.717, 1.165) is 12.8 Å². The molecule has 0 aromatic carbocycles. The summed E-state index contributed by atoms with van der Waals surface area (Å²) in [5.74, 6) is -2.46. The zero-order chi connectivity index (χ0) is 13.1. The summed E-state index contributed by atoms with van der Waals surface area (Å²) in [4.78, 5) is 0. The van der Waals surface area contributed by atoms with Crippen molar-refractivity contribution in [1.29, 1.82) is 0 Å². The van der Waals surface area contributed by atoms with Gasteiger partial charge in [0.1, 0.15) is 0 Å². The second-order valence-corrected chi connectivity index (χ2v) is 4.49. The van der Waals surface area contributed by atoms with E-state index in [1.54, 1.807) is 13.0 Å². The van der Waals surface area contributed by atoms with Crippen molar-refractivity contribution in [3.05, 3.63) is 12.7 Å². The van der Waals surface area contributed by atoms with Crippen molar-refractivity contribution in [2.45, 2.75) is 64.8 Å². The van der Waals surface area contributed by atoms with Crippen LogP contribution in [0, 0.1) is 5.92 Å². The van der Waals surface area contributed by atoms with Gasteiger partial charge in [0.15, 0.2) is 0 Å². The predicted octanol–water partition coefficient (Wildman–Crippen LogP) is 3.21. The van der Waals surface area contributed by atoms with Crippen molar-refractivity contribution in [2.24, 2.45) is 5.92 Å². The number of rotatable bonds is 11. The molecule has 0 bridgehead atoms. The quantitative estimate of drug-likeness (QED) is 0.333. The van der Waals surface area contributed by atoms with Gasteiger partial charge in [0.2, 0.25) is 0 Å². The Kier molecular flexibility index (Phi) is 9.41. The molecule has 0 aliphatic rings. The summed E-state index contributed by atoms with van der Waals surface area (Å²) in [6, 6.07) is 0. The van der Waals surface area contributed by atoms with Crippen molar-refractivity contribution < 1.29 is 14.9 Å². The fourth-order valence-electron chi connectivity index (χ4n) is 1.92. The molecule has 0 aliphatic heterocycles. The molecule has 17 heavy (non-hydrogen) atoms. The van der Waals surface area contributed by atoms with Gasteiger partial charge in [-0.25, -0.2) is 0 Å². The van der Waals surface area contributed by atoms with E-state index in [-0.39, 0.29) is 6.61 Å². The molecule has 0 fully saturated rings. The minimum absolute atomic E-state index is 0.286. The Morgan fingerprint density at radius 1 is 1.12 bits per heavy atom. The maximum absolute atomic E-state index is 9.68. The molecule has 0 amide bonds. The molecule has 0 saturated carbocycles. The minimum Gasteiger partial charge on any atom is -0.343 e. The lowest BCUT2D eigenvalue weighted by Crippen LogP contribution is -2.39. The van der Waals surface area contributed by atoms with Gasteiger partial charge in [-0.2, -0.15) is 0 Å². The molecule has 0 heterocycles. The predicted molar refractivity (Wildman–Crippen MR) is 70.5 cm³/mol. The minimum atomic E-state index is -2.06. The molecule has 0 radical (unpaired) electrons. The Labute approximate surface area is 105 Å². The number of hydrogen-bond acceptors (Lipinski definition) is 3. The maximum Gasteiger partial charge on any atom is 0.284 e. The van der Waals surface area contributed by atoms with Crippen molar-refractivity contribution in [2.75, 3.05) is 6.61 Å². The van der Waals surface area contributed by atoms with Crippen molar-refractivity contribution in [3.63, 3.8) is 0 Å². The van der Waals surface area contributed by atoms with E-state index >= 15 is 0 Å². The van der Waals surface area contributed by atoms with E-state index in [1.165, 1.54) is 25.7 Å². The first-order chi connectivity index (χ1) is 8.08. The van der Waals surface area contributed by atoms with E-state index < -0.39 is 11.9 Å². The lowest BCUT2D eigenvalue weighted by Gasteiger charge is -2.28. The summed E-state index contributed by atoms with van der Waals surface area (Å²) in [5.41, 5.74) is 0. The first-order valence-electron chi connectivity index (χ1n) is 6.79. The van der Waals surface area contributed by atoms with Crippen molar-refractivity contribution >= 4 is 0 Å². The van der Waals surface area contributed by atoms with Crippen molar-refractivity contribution in [3.8, 4) is 0 Å². The van der Waals surface area contributed by atoms with Crippen LogP contribution in [0.1, 0.15) is 58.8 Å². The van der Waals surface area contributed by atoms with Gasteiger partial charge in [-0.15, -0.1) is 6.58 Å². The summed E-state index contributed by atoms with van der Waals surface area (Å²) >= 11 is 0. The highest BCUT2D eigenvalue weighted by Gasteiger charge is 2.32. The summed E-state index contributed by atoms with van der Waals surface area (Å²) < 4.78 is 4.92. The Bertz CT molecular complexity index is 190. The average Bonchev–Trinajstić information content (AvgIpc) is 2.27. The summed E-state index contributed by atoms with van der Waals surface area (Å²) in [6.45, 7) is 7.86. The van der Waals surface area contributed by atoms with Crippen LogP contribution in [-0.4, -0.2) is 22.8 Å². The van der Waals surface area contributed by atoms with E-state index in [4.69, 9.17) is 4.74 Å². The van der Waals surface area contributed by atoms with Gasteiger partial charge in [0.25, 0.3) is 5.97 Å². The molecular formula is C14H28O3. The lowest BCUT2D eigenvalue weighted by molar-refractivity contribution is -0.357. The van der Waals surface area contributed by atoms with Crippen LogP contribution in [0.25, 0.3) is 0 Å². The number of unbranched alkanes of at least 4 members (excludes halogenated alkanes) is 5. The first-order valence-corrected chi connectivity index (χ1v) is 6.79. The Morgan fingerprint density at radius 2 is 1.71 bits per heavy atom.